The van der Waals surface area contributed by atoms with Crippen LogP contribution in [0.2, 0.25) is 0 Å². The van der Waals surface area contributed by atoms with Crippen LogP contribution in [0.1, 0.15) is 11.3 Å². The molecule has 0 aliphatic rings. The molecule has 0 spiro atoms. The van der Waals surface area contributed by atoms with Crippen LogP contribution in [0.4, 0.5) is 11.5 Å². The molecule has 7 nitrogen and oxygen atoms in total. The highest BCUT2D eigenvalue weighted by Crippen LogP contribution is 2.20. The van der Waals surface area contributed by atoms with E-state index >= 15 is 0 Å². The van der Waals surface area contributed by atoms with Gasteiger partial charge in [-0.15, -0.1) is 0 Å². The molecule has 2 aromatic carbocycles. The third-order valence-electron chi connectivity index (χ3n) is 3.68. The van der Waals surface area contributed by atoms with Gasteiger partial charge in [-0.1, -0.05) is 28.1 Å². The Labute approximate surface area is 157 Å². The molecule has 8 heteroatoms. The predicted molar refractivity (Wildman–Crippen MR) is 101 cm³/mol. The Hall–Kier alpha value is -3.00. The number of nitrogens with one attached hydrogen (secondary N) is 1. The molecule has 0 fully saturated rings. The molecule has 1 amide bonds. The molecule has 0 aliphatic carbocycles. The van der Waals surface area contributed by atoms with Crippen molar-refractivity contribution in [3.05, 3.63) is 80.4 Å². The number of carbonyl (C=O) groups excluding carboxylic acids is 1. The summed E-state index contributed by atoms with van der Waals surface area (Å²) in [5, 5.41) is 18.0. The number of aromatic nitrogens is 2. The molecule has 132 valence electrons. The van der Waals surface area contributed by atoms with Gasteiger partial charge in [-0.05, 0) is 36.8 Å². The van der Waals surface area contributed by atoms with Crippen LogP contribution >= 0.6 is 15.9 Å². The number of carbonyl (C=O) groups is 1. The monoisotopic (exact) mass is 414 g/mol. The van der Waals surface area contributed by atoms with Gasteiger partial charge in [0.1, 0.15) is 5.82 Å². The van der Waals surface area contributed by atoms with E-state index in [1.165, 1.54) is 12.1 Å². The third-order valence-corrected chi connectivity index (χ3v) is 4.21. The highest BCUT2D eigenvalue weighted by Gasteiger charge is 2.13. The highest BCUT2D eigenvalue weighted by atomic mass is 79.9. The number of aryl methyl sites for hydroxylation is 1. The van der Waals surface area contributed by atoms with Gasteiger partial charge in [0.25, 0.3) is 5.69 Å². The highest BCUT2D eigenvalue weighted by molar-refractivity contribution is 9.10. The molecule has 0 radical (unpaired) electrons. The average Bonchev–Trinajstić information content (AvgIpc) is 2.97. The summed E-state index contributed by atoms with van der Waals surface area (Å²) in [7, 11) is 0. The van der Waals surface area contributed by atoms with Crippen LogP contribution in [0.5, 0.6) is 0 Å². The van der Waals surface area contributed by atoms with Crippen molar-refractivity contribution < 1.29 is 9.72 Å². The molecule has 0 atom stereocenters. The second-order valence-electron chi connectivity index (χ2n) is 5.71. The van der Waals surface area contributed by atoms with Gasteiger partial charge in [0.2, 0.25) is 5.91 Å². The van der Waals surface area contributed by atoms with Crippen molar-refractivity contribution in [3.63, 3.8) is 0 Å². The fraction of sp³-hybridized carbons (Fsp3) is 0.111. The maximum Gasteiger partial charge on any atom is 0.269 e. The number of rotatable bonds is 5. The lowest BCUT2D eigenvalue weighted by Gasteiger charge is -2.09. The van der Waals surface area contributed by atoms with Crippen molar-refractivity contribution in [3.8, 4) is 5.69 Å². The molecule has 3 rings (SSSR count). The first-order chi connectivity index (χ1) is 12.4. The molecule has 0 aliphatic heterocycles. The Morgan fingerprint density at radius 3 is 2.46 bits per heavy atom. The van der Waals surface area contributed by atoms with Crippen LogP contribution in [0.25, 0.3) is 5.69 Å². The fourth-order valence-electron chi connectivity index (χ4n) is 2.48. The van der Waals surface area contributed by atoms with Gasteiger partial charge in [-0.3, -0.25) is 14.9 Å². The summed E-state index contributed by atoms with van der Waals surface area (Å²) in [6.07, 6.45) is 0.234. The molecule has 1 heterocycles. The number of hydrogen-bond acceptors (Lipinski definition) is 4. The topological polar surface area (TPSA) is 90.1 Å². The first-order valence-corrected chi connectivity index (χ1v) is 8.57. The van der Waals surface area contributed by atoms with Crippen molar-refractivity contribution in [2.24, 2.45) is 0 Å². The number of non-ortho nitro benzene ring substituents is 1. The second kappa shape index (κ2) is 7.49. The lowest BCUT2D eigenvalue weighted by atomic mass is 10.1. The van der Waals surface area contributed by atoms with Crippen LogP contribution in [0.3, 0.4) is 0 Å². The van der Waals surface area contributed by atoms with Crippen molar-refractivity contribution >= 4 is 33.3 Å². The maximum absolute atomic E-state index is 12.3. The number of hydrogen-bond donors (Lipinski definition) is 1. The van der Waals surface area contributed by atoms with Crippen molar-refractivity contribution in [2.45, 2.75) is 13.3 Å². The van der Waals surface area contributed by atoms with Crippen molar-refractivity contribution in [1.82, 2.24) is 9.78 Å². The number of amides is 1. The molecule has 0 unspecified atom stereocenters. The van der Waals surface area contributed by atoms with Gasteiger partial charge >= 0.3 is 0 Å². The number of nitro benzene ring substituents is 1. The van der Waals surface area contributed by atoms with E-state index in [0.29, 0.717) is 11.5 Å². The number of nitro groups is 1. The lowest BCUT2D eigenvalue weighted by molar-refractivity contribution is -0.384. The normalized spacial score (nSPS) is 10.5. The summed E-state index contributed by atoms with van der Waals surface area (Å²) in [5.41, 5.74) is 2.24. The molecular weight excluding hydrogens is 400 g/mol. The van der Waals surface area contributed by atoms with Gasteiger partial charge in [0, 0.05) is 22.7 Å². The van der Waals surface area contributed by atoms with E-state index in [0.717, 1.165) is 15.7 Å². The van der Waals surface area contributed by atoms with Gasteiger partial charge in [0.15, 0.2) is 0 Å². The Morgan fingerprint density at radius 2 is 1.85 bits per heavy atom. The van der Waals surface area contributed by atoms with Gasteiger partial charge in [-0.25, -0.2) is 4.68 Å². The SMILES string of the molecule is Cc1cc(NC(=O)Cc2ccc(Br)cc2)n(-c2ccc([N+](=O)[O-])cc2)n1. The third kappa shape index (κ3) is 4.15. The predicted octanol–water partition coefficient (Wildman–Crippen LogP) is 4.03. The molecule has 0 bridgehead atoms. The zero-order valence-electron chi connectivity index (χ0n) is 13.8. The second-order valence-corrected chi connectivity index (χ2v) is 6.62. The minimum Gasteiger partial charge on any atom is -0.310 e. The van der Waals surface area contributed by atoms with E-state index in [9.17, 15) is 14.9 Å². The zero-order valence-corrected chi connectivity index (χ0v) is 15.4. The van der Waals surface area contributed by atoms with E-state index in [4.69, 9.17) is 0 Å². The Kier molecular flexibility index (Phi) is 5.13. The number of nitrogens with zero attached hydrogens (tertiary/aromatic N) is 3. The summed E-state index contributed by atoms with van der Waals surface area (Å²) < 4.78 is 2.51. The molecular formula is C18H15BrN4O3. The van der Waals surface area contributed by atoms with E-state index in [1.807, 2.05) is 31.2 Å². The first kappa shape index (κ1) is 17.8. The summed E-state index contributed by atoms with van der Waals surface area (Å²) in [6, 6.07) is 15.3. The lowest BCUT2D eigenvalue weighted by Crippen LogP contribution is -2.17. The number of anilines is 1. The molecule has 3 aromatic rings. The standard InChI is InChI=1S/C18H15BrN4O3/c1-12-10-17(20-18(24)11-13-2-4-14(19)5-3-13)22(21-12)15-6-8-16(9-7-15)23(25)26/h2-10H,11H2,1H3,(H,20,24). The smallest absolute Gasteiger partial charge is 0.269 e. The average molecular weight is 415 g/mol. The minimum absolute atomic E-state index is 0.00143. The van der Waals surface area contributed by atoms with Crippen molar-refractivity contribution in [2.75, 3.05) is 5.32 Å². The van der Waals surface area contributed by atoms with E-state index in [-0.39, 0.29) is 18.0 Å². The van der Waals surface area contributed by atoms with Crippen molar-refractivity contribution in [1.29, 1.82) is 0 Å². The summed E-state index contributed by atoms with van der Waals surface area (Å²) in [6.45, 7) is 1.81. The van der Waals surface area contributed by atoms with E-state index < -0.39 is 4.92 Å². The number of halogens is 1. The Bertz CT molecular complexity index is 950. The molecule has 0 saturated heterocycles. The largest absolute Gasteiger partial charge is 0.310 e. The fourth-order valence-corrected chi connectivity index (χ4v) is 2.74. The molecule has 1 aromatic heterocycles. The summed E-state index contributed by atoms with van der Waals surface area (Å²) >= 11 is 3.36. The first-order valence-electron chi connectivity index (χ1n) is 7.78. The minimum atomic E-state index is -0.459. The van der Waals surface area contributed by atoms with Gasteiger partial charge in [-0.2, -0.15) is 5.10 Å². The molecule has 1 N–H and O–H groups in total. The summed E-state index contributed by atoms with van der Waals surface area (Å²) in [4.78, 5) is 22.7. The molecule has 26 heavy (non-hydrogen) atoms. The van der Waals surface area contributed by atoms with E-state index in [1.54, 1.807) is 22.9 Å². The van der Waals surface area contributed by atoms with Crippen LogP contribution in [-0.2, 0) is 11.2 Å². The van der Waals surface area contributed by atoms with E-state index in [2.05, 4.69) is 26.3 Å². The van der Waals surface area contributed by atoms with Crippen LogP contribution in [0.15, 0.2) is 59.1 Å². The Balaban J connectivity index is 1.79. The van der Waals surface area contributed by atoms with Crippen LogP contribution < -0.4 is 5.32 Å². The maximum atomic E-state index is 12.3. The van der Waals surface area contributed by atoms with Crippen LogP contribution in [-0.4, -0.2) is 20.6 Å². The quantitative estimate of drug-likeness (QED) is 0.503. The summed E-state index contributed by atoms with van der Waals surface area (Å²) in [5.74, 6) is 0.342. The van der Waals surface area contributed by atoms with Crippen LogP contribution in [0, 0.1) is 17.0 Å². The zero-order chi connectivity index (χ0) is 18.7. The molecule has 0 saturated carbocycles. The van der Waals surface area contributed by atoms with Gasteiger partial charge in [0.05, 0.1) is 22.7 Å². The van der Waals surface area contributed by atoms with Gasteiger partial charge < -0.3 is 5.32 Å². The Morgan fingerprint density at radius 1 is 1.19 bits per heavy atom. The number of benzene rings is 2.